The Kier molecular flexibility index (Phi) is 2.32. The van der Waals surface area contributed by atoms with Crippen molar-refractivity contribution in [1.82, 2.24) is 10.1 Å². The number of rotatable bonds is 2. The molecule has 0 bridgehead atoms. The molecular formula is C9H6N2O4. The molecule has 0 saturated heterocycles. The van der Waals surface area contributed by atoms with E-state index in [2.05, 4.69) is 14.9 Å². The summed E-state index contributed by atoms with van der Waals surface area (Å²) in [5.41, 5.74) is 0.699. The third-order valence-corrected chi connectivity index (χ3v) is 1.61. The van der Waals surface area contributed by atoms with Gasteiger partial charge < -0.3 is 14.4 Å². The maximum atomic E-state index is 10.2. The molecule has 15 heavy (non-hydrogen) atoms. The van der Waals surface area contributed by atoms with Crippen molar-refractivity contribution < 1.29 is 19.2 Å². The summed E-state index contributed by atoms with van der Waals surface area (Å²) < 4.78 is 9.02. The van der Waals surface area contributed by atoms with E-state index in [1.165, 1.54) is 0 Å². The molecule has 1 aromatic heterocycles. The molecule has 1 N–H and O–H groups in total. The fourth-order valence-corrected chi connectivity index (χ4v) is 1.03. The van der Waals surface area contributed by atoms with E-state index in [9.17, 15) is 4.79 Å². The number of hydrogen-bond donors (Lipinski definition) is 1. The maximum Gasteiger partial charge on any atom is 0.513 e. The molecule has 1 heterocycles. The van der Waals surface area contributed by atoms with Gasteiger partial charge in [-0.25, -0.2) is 4.79 Å². The summed E-state index contributed by atoms with van der Waals surface area (Å²) in [6, 6.07) is 8.65. The molecule has 76 valence electrons. The molecule has 0 amide bonds. The molecule has 0 aliphatic carbocycles. The fourth-order valence-electron chi connectivity index (χ4n) is 1.03. The van der Waals surface area contributed by atoms with Crippen LogP contribution >= 0.6 is 0 Å². The number of carbonyl (C=O) groups is 1. The van der Waals surface area contributed by atoms with Crippen molar-refractivity contribution in [2.24, 2.45) is 0 Å². The molecule has 0 fully saturated rings. The normalized spacial score (nSPS) is 9.87. The van der Waals surface area contributed by atoms with Gasteiger partial charge in [-0.05, 0) is 17.3 Å². The molecule has 2 aromatic rings. The standard InChI is InChI=1S/C9H6N2O4/c12-9(13)14-8-10-7(15-11-8)6-4-2-1-3-5-6/h1-5H,(H,12,13). The number of aromatic nitrogens is 2. The van der Waals surface area contributed by atoms with Crippen molar-refractivity contribution in [3.63, 3.8) is 0 Å². The molecule has 0 aliphatic heterocycles. The molecular weight excluding hydrogens is 200 g/mol. The summed E-state index contributed by atoms with van der Waals surface area (Å²) in [4.78, 5) is 13.9. The Labute approximate surface area is 84.1 Å². The second-order valence-electron chi connectivity index (χ2n) is 2.62. The zero-order valence-corrected chi connectivity index (χ0v) is 7.45. The van der Waals surface area contributed by atoms with Crippen LogP contribution in [-0.4, -0.2) is 21.4 Å². The van der Waals surface area contributed by atoms with Crippen molar-refractivity contribution in [2.75, 3.05) is 0 Å². The molecule has 0 saturated carbocycles. The summed E-state index contributed by atoms with van der Waals surface area (Å²) in [5, 5.41) is 11.6. The first-order valence-electron chi connectivity index (χ1n) is 4.05. The second-order valence-corrected chi connectivity index (χ2v) is 2.62. The number of hydrogen-bond acceptors (Lipinski definition) is 5. The topological polar surface area (TPSA) is 85.5 Å². The van der Waals surface area contributed by atoms with Crippen LogP contribution < -0.4 is 4.74 Å². The van der Waals surface area contributed by atoms with E-state index in [0.29, 0.717) is 5.56 Å². The van der Waals surface area contributed by atoms with Gasteiger partial charge >= 0.3 is 12.2 Å². The van der Waals surface area contributed by atoms with Gasteiger partial charge in [-0.1, -0.05) is 18.2 Å². The van der Waals surface area contributed by atoms with Gasteiger partial charge in [-0.15, -0.1) is 0 Å². The summed E-state index contributed by atoms with van der Waals surface area (Å²) in [6.45, 7) is 0. The van der Waals surface area contributed by atoms with Crippen LogP contribution in [0.5, 0.6) is 6.01 Å². The quantitative estimate of drug-likeness (QED) is 0.754. The Morgan fingerprint density at radius 1 is 1.33 bits per heavy atom. The van der Waals surface area contributed by atoms with Crippen LogP contribution in [0.1, 0.15) is 0 Å². The fraction of sp³-hybridized carbons (Fsp3) is 0. The molecule has 0 radical (unpaired) electrons. The van der Waals surface area contributed by atoms with Crippen molar-refractivity contribution >= 4 is 6.16 Å². The molecule has 0 unspecified atom stereocenters. The zero-order valence-electron chi connectivity index (χ0n) is 7.45. The van der Waals surface area contributed by atoms with Crippen LogP contribution in [0.25, 0.3) is 11.5 Å². The van der Waals surface area contributed by atoms with Gasteiger partial charge in [0.25, 0.3) is 5.89 Å². The Balaban J connectivity index is 2.24. The number of nitrogens with zero attached hydrogens (tertiary/aromatic N) is 2. The van der Waals surface area contributed by atoms with Crippen LogP contribution in [0.15, 0.2) is 34.9 Å². The highest BCUT2D eigenvalue weighted by Gasteiger charge is 2.11. The van der Waals surface area contributed by atoms with E-state index in [1.807, 2.05) is 6.07 Å². The number of benzene rings is 1. The van der Waals surface area contributed by atoms with E-state index in [4.69, 9.17) is 9.63 Å². The molecule has 2 rings (SSSR count). The minimum Gasteiger partial charge on any atom is -0.449 e. The summed E-state index contributed by atoms with van der Waals surface area (Å²) in [6.07, 6.45) is -1.48. The molecule has 0 aliphatic rings. The van der Waals surface area contributed by atoms with Crippen LogP contribution in [0.2, 0.25) is 0 Å². The first kappa shape index (κ1) is 9.20. The van der Waals surface area contributed by atoms with Gasteiger partial charge in [0, 0.05) is 5.56 Å². The van der Waals surface area contributed by atoms with Gasteiger partial charge in [0.15, 0.2) is 0 Å². The smallest absolute Gasteiger partial charge is 0.449 e. The predicted octanol–water partition coefficient (Wildman–Crippen LogP) is 1.79. The largest absolute Gasteiger partial charge is 0.513 e. The Hall–Kier alpha value is -2.37. The third kappa shape index (κ3) is 2.11. The average molecular weight is 206 g/mol. The minimum atomic E-state index is -1.48. The van der Waals surface area contributed by atoms with E-state index >= 15 is 0 Å². The van der Waals surface area contributed by atoms with Crippen molar-refractivity contribution in [3.8, 4) is 17.5 Å². The Bertz CT molecular complexity index is 466. The highest BCUT2D eigenvalue weighted by Crippen LogP contribution is 2.18. The molecule has 1 aromatic carbocycles. The van der Waals surface area contributed by atoms with Gasteiger partial charge in [0.2, 0.25) is 0 Å². The van der Waals surface area contributed by atoms with Crippen molar-refractivity contribution in [2.45, 2.75) is 0 Å². The SMILES string of the molecule is O=C(O)Oc1noc(-c2ccccc2)n1. The van der Waals surface area contributed by atoms with E-state index < -0.39 is 6.16 Å². The minimum absolute atomic E-state index is 0.215. The first-order chi connectivity index (χ1) is 7.25. The van der Waals surface area contributed by atoms with Gasteiger partial charge in [0.05, 0.1) is 0 Å². The van der Waals surface area contributed by atoms with Crippen LogP contribution in [0.3, 0.4) is 0 Å². The van der Waals surface area contributed by atoms with Crippen molar-refractivity contribution in [1.29, 1.82) is 0 Å². The molecule has 6 heteroatoms. The van der Waals surface area contributed by atoms with Crippen LogP contribution in [-0.2, 0) is 0 Å². The number of ether oxygens (including phenoxy) is 1. The average Bonchev–Trinajstić information content (AvgIpc) is 2.67. The van der Waals surface area contributed by atoms with Gasteiger partial charge in [-0.3, -0.25) is 0 Å². The summed E-state index contributed by atoms with van der Waals surface area (Å²) in [5.74, 6) is 0.215. The maximum absolute atomic E-state index is 10.2. The predicted molar refractivity (Wildman–Crippen MR) is 48.4 cm³/mol. The number of carboxylic acid groups (broad SMARTS) is 1. The Morgan fingerprint density at radius 2 is 2.07 bits per heavy atom. The zero-order chi connectivity index (χ0) is 10.7. The lowest BCUT2D eigenvalue weighted by Crippen LogP contribution is -2.03. The summed E-state index contributed by atoms with van der Waals surface area (Å²) in [7, 11) is 0. The highest BCUT2D eigenvalue weighted by atomic mass is 16.7. The van der Waals surface area contributed by atoms with Crippen LogP contribution in [0.4, 0.5) is 4.79 Å². The summed E-state index contributed by atoms with van der Waals surface area (Å²) >= 11 is 0. The van der Waals surface area contributed by atoms with E-state index in [1.54, 1.807) is 24.3 Å². The first-order valence-corrected chi connectivity index (χ1v) is 4.05. The van der Waals surface area contributed by atoms with Gasteiger partial charge in [0.1, 0.15) is 0 Å². The Morgan fingerprint density at radius 3 is 2.73 bits per heavy atom. The molecule has 0 atom stereocenters. The highest BCUT2D eigenvalue weighted by molar-refractivity contribution is 5.60. The van der Waals surface area contributed by atoms with E-state index in [0.717, 1.165) is 0 Å². The molecule has 6 nitrogen and oxygen atoms in total. The van der Waals surface area contributed by atoms with E-state index in [-0.39, 0.29) is 11.9 Å². The van der Waals surface area contributed by atoms with Crippen molar-refractivity contribution in [3.05, 3.63) is 30.3 Å². The molecule has 0 spiro atoms. The third-order valence-electron chi connectivity index (χ3n) is 1.61. The lowest BCUT2D eigenvalue weighted by Gasteiger charge is -1.90. The lowest BCUT2D eigenvalue weighted by atomic mass is 10.2. The van der Waals surface area contributed by atoms with Gasteiger partial charge in [-0.2, -0.15) is 4.98 Å². The van der Waals surface area contributed by atoms with Crippen LogP contribution in [0, 0.1) is 0 Å². The monoisotopic (exact) mass is 206 g/mol. The second kappa shape index (κ2) is 3.79. The lowest BCUT2D eigenvalue weighted by molar-refractivity contribution is 0.139.